The molecule has 0 amide bonds. The molecule has 166 valence electrons. The highest BCUT2D eigenvalue weighted by atomic mass is 79.9. The van der Waals surface area contributed by atoms with Crippen molar-refractivity contribution in [3.63, 3.8) is 0 Å². The van der Waals surface area contributed by atoms with Gasteiger partial charge >= 0.3 is 0 Å². The van der Waals surface area contributed by atoms with E-state index in [0.29, 0.717) is 61.0 Å². The summed E-state index contributed by atoms with van der Waals surface area (Å²) >= 11 is 3.43. The van der Waals surface area contributed by atoms with Crippen LogP contribution in [0.4, 0.5) is 0 Å². The Morgan fingerprint density at radius 2 is 1.81 bits per heavy atom. The first-order chi connectivity index (χ1) is 15.0. The van der Waals surface area contributed by atoms with E-state index in [1.54, 1.807) is 33.5 Å². The predicted octanol–water partition coefficient (Wildman–Crippen LogP) is 1.83. The van der Waals surface area contributed by atoms with Crippen LogP contribution in [0.25, 0.3) is 6.08 Å². The predicted molar refractivity (Wildman–Crippen MR) is 118 cm³/mol. The number of benzene rings is 2. The van der Waals surface area contributed by atoms with Gasteiger partial charge in [-0.25, -0.2) is 0 Å². The van der Waals surface area contributed by atoms with Crippen LogP contribution in [0, 0.1) is 0 Å². The van der Waals surface area contributed by atoms with Gasteiger partial charge in [0.2, 0.25) is 5.78 Å². The molecule has 3 rings (SSSR count). The second-order valence-corrected chi connectivity index (χ2v) is 8.07. The number of ketones is 1. The van der Waals surface area contributed by atoms with Crippen molar-refractivity contribution in [3.8, 4) is 17.2 Å². The van der Waals surface area contributed by atoms with Gasteiger partial charge in [-0.05, 0) is 30.3 Å². The maximum absolute atomic E-state index is 13.0. The third kappa shape index (κ3) is 5.46. The van der Waals surface area contributed by atoms with E-state index in [1.165, 1.54) is 12.1 Å². The van der Waals surface area contributed by atoms with E-state index in [4.69, 9.17) is 18.9 Å². The molecule has 8 heteroatoms. The maximum atomic E-state index is 13.0. The van der Waals surface area contributed by atoms with Gasteiger partial charge in [-0.2, -0.15) is 0 Å². The Labute approximate surface area is 190 Å². The number of carbonyl (C=O) groups is 1. The van der Waals surface area contributed by atoms with Crippen molar-refractivity contribution in [2.24, 2.45) is 0 Å². The Hall–Kier alpha value is -2.39. The molecule has 2 aromatic rings. The Morgan fingerprint density at radius 1 is 1.10 bits per heavy atom. The molecule has 0 fully saturated rings. The fourth-order valence-electron chi connectivity index (χ4n) is 3.46. The van der Waals surface area contributed by atoms with Crippen LogP contribution in [0.5, 0.6) is 17.2 Å². The van der Waals surface area contributed by atoms with Gasteiger partial charge < -0.3 is 29.0 Å². The highest BCUT2D eigenvalue weighted by Gasteiger charge is 2.31. The first-order valence-electron chi connectivity index (χ1n) is 9.90. The molecule has 0 bridgehead atoms. The van der Waals surface area contributed by atoms with Crippen LogP contribution in [0.3, 0.4) is 0 Å². The van der Waals surface area contributed by atoms with Gasteiger partial charge in [0, 0.05) is 29.8 Å². The van der Waals surface area contributed by atoms with Crippen LogP contribution in [-0.4, -0.2) is 53.4 Å². The average molecular weight is 492 g/mol. The molecule has 0 atom stereocenters. The Balaban J connectivity index is 1.93. The summed E-state index contributed by atoms with van der Waals surface area (Å²) in [6, 6.07) is 8.46. The first-order valence-corrected chi connectivity index (χ1v) is 10.7. The monoisotopic (exact) mass is 491 g/mol. The van der Waals surface area contributed by atoms with Crippen LogP contribution in [-0.2, 0) is 16.0 Å². The first kappa shape index (κ1) is 23.3. The van der Waals surface area contributed by atoms with E-state index in [-0.39, 0.29) is 17.3 Å². The van der Waals surface area contributed by atoms with Crippen molar-refractivity contribution in [3.05, 3.63) is 57.3 Å². The van der Waals surface area contributed by atoms with Crippen molar-refractivity contribution < 1.29 is 33.7 Å². The summed E-state index contributed by atoms with van der Waals surface area (Å²) in [5, 5.41) is 12.7. The summed E-state index contributed by atoms with van der Waals surface area (Å²) in [4.78, 5) is 14.1. The molecule has 0 aliphatic carbocycles. The van der Waals surface area contributed by atoms with E-state index in [9.17, 15) is 9.90 Å². The molecule has 1 aliphatic heterocycles. The largest absolute Gasteiger partial charge is 0.872 e. The van der Waals surface area contributed by atoms with Crippen molar-refractivity contribution in [1.82, 2.24) is 0 Å². The van der Waals surface area contributed by atoms with Crippen LogP contribution in [0.2, 0.25) is 0 Å². The number of nitrogens with one attached hydrogen (secondary N) is 1. The average Bonchev–Trinajstić information content (AvgIpc) is 3.07. The molecule has 0 saturated heterocycles. The minimum absolute atomic E-state index is 0.153. The lowest BCUT2D eigenvalue weighted by atomic mass is 10.0. The number of Topliss-reactive ketones (excluding diaryl/α,β-unsaturated/α-hetero) is 1. The van der Waals surface area contributed by atoms with E-state index in [0.717, 1.165) is 9.37 Å². The molecule has 1 N–H and O–H groups in total. The van der Waals surface area contributed by atoms with Gasteiger partial charge in [0.15, 0.2) is 5.76 Å². The summed E-state index contributed by atoms with van der Waals surface area (Å²) in [5.74, 6) is 0.704. The third-order valence-electron chi connectivity index (χ3n) is 5.12. The van der Waals surface area contributed by atoms with E-state index in [1.807, 2.05) is 12.1 Å². The smallest absolute Gasteiger partial charge is 0.231 e. The highest BCUT2D eigenvalue weighted by Crippen LogP contribution is 2.39. The number of quaternary nitrogens is 1. The van der Waals surface area contributed by atoms with Crippen LogP contribution in [0.15, 0.2) is 40.6 Å². The molecule has 0 aromatic heterocycles. The SMILES string of the molecule is COCC[NH+](CCOC)Cc1c([O-])ccc2c1OC(=Cc1cc(Br)ccc1OC)C2=O. The number of halogens is 1. The van der Waals surface area contributed by atoms with Crippen LogP contribution in [0.1, 0.15) is 21.5 Å². The molecular weight excluding hydrogens is 466 g/mol. The summed E-state index contributed by atoms with van der Waals surface area (Å²) in [6.45, 7) is 2.92. The standard InChI is InChI=1S/C23H26BrNO6/c1-28-10-8-25(9-11-29-2)14-18-19(26)6-5-17-22(27)21(31-23(17)18)13-15-12-16(24)4-7-20(15)30-3/h4-7,12-13,26H,8-11,14H2,1-3H3. The van der Waals surface area contributed by atoms with Gasteiger partial charge in [0.1, 0.15) is 31.1 Å². The normalized spacial score (nSPS) is 14.2. The topological polar surface area (TPSA) is 81.5 Å². The van der Waals surface area contributed by atoms with E-state index < -0.39 is 0 Å². The van der Waals surface area contributed by atoms with Crippen LogP contribution < -0.4 is 19.5 Å². The second-order valence-electron chi connectivity index (χ2n) is 7.16. The number of allylic oxidation sites excluding steroid dienone is 1. The van der Waals surface area contributed by atoms with Crippen LogP contribution >= 0.6 is 15.9 Å². The van der Waals surface area contributed by atoms with Gasteiger partial charge in [-0.15, -0.1) is 0 Å². The molecular formula is C23H26BrNO6. The molecule has 7 nitrogen and oxygen atoms in total. The van der Waals surface area contributed by atoms with Gasteiger partial charge in [-0.1, -0.05) is 27.7 Å². The Bertz CT molecular complexity index is 967. The summed E-state index contributed by atoms with van der Waals surface area (Å²) in [6.07, 6.45) is 1.64. The molecule has 0 saturated carbocycles. The number of hydrogen-bond acceptors (Lipinski definition) is 6. The molecule has 0 unspecified atom stereocenters. The molecule has 0 spiro atoms. The zero-order chi connectivity index (χ0) is 22.4. The molecule has 0 radical (unpaired) electrons. The second kappa shape index (κ2) is 10.8. The number of rotatable bonds is 10. The molecule has 1 heterocycles. The fourth-order valence-corrected chi connectivity index (χ4v) is 3.84. The van der Waals surface area contributed by atoms with Crippen molar-refractivity contribution >= 4 is 27.8 Å². The van der Waals surface area contributed by atoms with Crippen molar-refractivity contribution in [2.75, 3.05) is 47.6 Å². The number of fused-ring (bicyclic) bond motifs is 1. The van der Waals surface area contributed by atoms with Crippen molar-refractivity contribution in [2.45, 2.75) is 6.54 Å². The lowest BCUT2D eigenvalue weighted by molar-refractivity contribution is -0.914. The van der Waals surface area contributed by atoms with E-state index in [2.05, 4.69) is 15.9 Å². The zero-order valence-electron chi connectivity index (χ0n) is 17.8. The summed E-state index contributed by atoms with van der Waals surface area (Å²) in [5.41, 5.74) is 1.58. The Kier molecular flexibility index (Phi) is 8.09. The number of carbonyl (C=O) groups excluding carboxylic acids is 1. The minimum atomic E-state index is -0.256. The molecule has 2 aromatic carbocycles. The lowest BCUT2D eigenvalue weighted by Gasteiger charge is -2.23. The highest BCUT2D eigenvalue weighted by molar-refractivity contribution is 9.10. The fraction of sp³-hybridized carbons (Fsp3) is 0.348. The van der Waals surface area contributed by atoms with Gasteiger partial charge in [0.05, 0.1) is 25.9 Å². The zero-order valence-corrected chi connectivity index (χ0v) is 19.4. The Morgan fingerprint density at radius 3 is 2.45 bits per heavy atom. The summed E-state index contributed by atoms with van der Waals surface area (Å²) < 4.78 is 22.6. The number of hydrogen-bond donors (Lipinski definition) is 1. The minimum Gasteiger partial charge on any atom is -0.872 e. The molecule has 31 heavy (non-hydrogen) atoms. The maximum Gasteiger partial charge on any atom is 0.231 e. The van der Waals surface area contributed by atoms with Gasteiger partial charge in [0.25, 0.3) is 0 Å². The lowest BCUT2D eigenvalue weighted by Crippen LogP contribution is -3.11. The quantitative estimate of drug-likeness (QED) is 0.510. The van der Waals surface area contributed by atoms with E-state index >= 15 is 0 Å². The van der Waals surface area contributed by atoms with Crippen molar-refractivity contribution in [1.29, 1.82) is 0 Å². The summed E-state index contributed by atoms with van der Waals surface area (Å²) in [7, 11) is 4.85. The van der Waals surface area contributed by atoms with Gasteiger partial charge in [-0.3, -0.25) is 4.79 Å². The number of ether oxygens (including phenoxy) is 4. The molecule has 1 aliphatic rings. The number of methoxy groups -OCH3 is 3. The third-order valence-corrected chi connectivity index (χ3v) is 5.62.